The number of nitrogen functional groups attached to an aromatic ring is 1. The van der Waals surface area contributed by atoms with Gasteiger partial charge in [-0.05, 0) is 18.9 Å². The molecule has 0 atom stereocenters. The Bertz CT molecular complexity index is 435. The van der Waals surface area contributed by atoms with E-state index in [0.717, 1.165) is 12.8 Å². The van der Waals surface area contributed by atoms with Crippen LogP contribution >= 0.6 is 0 Å². The van der Waals surface area contributed by atoms with Crippen molar-refractivity contribution < 1.29 is 14.3 Å². The van der Waals surface area contributed by atoms with Crippen LogP contribution in [-0.2, 0) is 9.53 Å². The number of nitrogens with two attached hydrogens (primary N) is 2. The number of hydrogen-bond acceptors (Lipinski definition) is 4. The van der Waals surface area contributed by atoms with Crippen molar-refractivity contribution in [3.8, 4) is 0 Å². The lowest BCUT2D eigenvalue weighted by atomic mass is 10.4. The molecule has 1 aromatic rings. The molecule has 1 heterocycles. The molecule has 2 rings (SSSR count). The number of rotatable bonds is 4. The highest BCUT2D eigenvalue weighted by Gasteiger charge is 2.28. The first-order valence-corrected chi connectivity index (χ1v) is 5.00. The van der Waals surface area contributed by atoms with Gasteiger partial charge in [0, 0.05) is 12.2 Å². The van der Waals surface area contributed by atoms with Crippen molar-refractivity contribution in [1.29, 1.82) is 0 Å². The molecule has 86 valence electrons. The fourth-order valence-corrected chi connectivity index (χ4v) is 1.53. The second kappa shape index (κ2) is 3.88. The zero-order valence-electron chi connectivity index (χ0n) is 8.68. The Morgan fingerprint density at radius 1 is 1.50 bits per heavy atom. The predicted molar refractivity (Wildman–Crippen MR) is 56.6 cm³/mol. The van der Waals surface area contributed by atoms with Crippen LogP contribution < -0.4 is 11.5 Å². The molecule has 1 aromatic heterocycles. The van der Waals surface area contributed by atoms with Crippen LogP contribution in [0.3, 0.4) is 0 Å². The summed E-state index contributed by atoms with van der Waals surface area (Å²) < 4.78 is 6.52. The van der Waals surface area contributed by atoms with E-state index in [1.807, 2.05) is 0 Å². The van der Waals surface area contributed by atoms with Crippen molar-refractivity contribution in [2.45, 2.75) is 18.9 Å². The van der Waals surface area contributed by atoms with Crippen molar-refractivity contribution in [1.82, 2.24) is 4.57 Å². The number of aromatic nitrogens is 1. The van der Waals surface area contributed by atoms with E-state index in [0.29, 0.717) is 17.4 Å². The fraction of sp³-hybridized carbons (Fsp3) is 0.400. The number of carbonyl (C=O) groups is 2. The quantitative estimate of drug-likeness (QED) is 0.704. The molecule has 4 N–H and O–H groups in total. The summed E-state index contributed by atoms with van der Waals surface area (Å²) in [5.74, 6) is -1.24. The van der Waals surface area contributed by atoms with Crippen molar-refractivity contribution in [3.05, 3.63) is 18.0 Å². The zero-order chi connectivity index (χ0) is 11.7. The van der Waals surface area contributed by atoms with Crippen molar-refractivity contribution in [2.24, 2.45) is 5.73 Å². The Hall–Kier alpha value is -1.98. The van der Waals surface area contributed by atoms with Crippen molar-refractivity contribution >= 4 is 17.6 Å². The number of nitrogens with zero attached hydrogens (tertiary/aromatic N) is 1. The highest BCUT2D eigenvalue weighted by atomic mass is 16.5. The summed E-state index contributed by atoms with van der Waals surface area (Å²) in [6.07, 6.45) is 3.77. The van der Waals surface area contributed by atoms with Crippen LogP contribution in [0.4, 0.5) is 5.69 Å². The van der Waals surface area contributed by atoms with Crippen molar-refractivity contribution in [2.75, 3.05) is 12.3 Å². The number of amides is 1. The second-order valence-corrected chi connectivity index (χ2v) is 3.84. The standard InChI is InChI=1S/C10H13N3O3/c11-6-3-8(10(15)16-5-9(12)14)13(4-6)7-1-2-7/h3-4,7H,1-2,5,11H2,(H2,12,14). The van der Waals surface area contributed by atoms with E-state index in [4.69, 9.17) is 16.2 Å². The van der Waals surface area contributed by atoms with Gasteiger partial charge in [-0.25, -0.2) is 4.79 Å². The molecular formula is C10H13N3O3. The number of anilines is 1. The van der Waals surface area contributed by atoms with E-state index < -0.39 is 18.5 Å². The third-order valence-electron chi connectivity index (χ3n) is 2.36. The third-order valence-corrected chi connectivity index (χ3v) is 2.36. The molecule has 0 bridgehead atoms. The average Bonchev–Trinajstić information content (AvgIpc) is 2.98. The van der Waals surface area contributed by atoms with Crippen LogP contribution in [0.1, 0.15) is 29.4 Å². The lowest BCUT2D eigenvalue weighted by Crippen LogP contribution is -2.22. The molecule has 0 spiro atoms. The van der Waals surface area contributed by atoms with Crippen LogP contribution in [0.15, 0.2) is 12.3 Å². The predicted octanol–water partition coefficient (Wildman–Crippen LogP) is 0.0473. The van der Waals surface area contributed by atoms with Gasteiger partial charge in [0.1, 0.15) is 5.69 Å². The minimum atomic E-state index is -0.675. The Kier molecular flexibility index (Phi) is 2.55. The van der Waals surface area contributed by atoms with E-state index >= 15 is 0 Å². The van der Waals surface area contributed by atoms with Gasteiger partial charge >= 0.3 is 5.97 Å². The summed E-state index contributed by atoms with van der Waals surface area (Å²) in [6.45, 7) is -0.408. The van der Waals surface area contributed by atoms with E-state index in [9.17, 15) is 9.59 Å². The van der Waals surface area contributed by atoms with Gasteiger partial charge < -0.3 is 20.8 Å². The van der Waals surface area contributed by atoms with Crippen LogP contribution in [0.2, 0.25) is 0 Å². The number of ether oxygens (including phenoxy) is 1. The zero-order valence-corrected chi connectivity index (χ0v) is 8.68. The van der Waals surface area contributed by atoms with E-state index in [-0.39, 0.29) is 0 Å². The summed E-state index contributed by atoms with van der Waals surface area (Å²) >= 11 is 0. The van der Waals surface area contributed by atoms with Gasteiger partial charge in [0.25, 0.3) is 5.91 Å². The summed E-state index contributed by atoms with van der Waals surface area (Å²) in [7, 11) is 0. The molecule has 0 radical (unpaired) electrons. The van der Waals surface area contributed by atoms with Gasteiger partial charge in [-0.3, -0.25) is 4.79 Å². The molecular weight excluding hydrogens is 210 g/mol. The Morgan fingerprint density at radius 3 is 2.75 bits per heavy atom. The van der Waals surface area contributed by atoms with Crippen LogP contribution in [0.25, 0.3) is 0 Å². The molecule has 0 aromatic carbocycles. The van der Waals surface area contributed by atoms with E-state index in [1.165, 1.54) is 0 Å². The maximum Gasteiger partial charge on any atom is 0.355 e. The average molecular weight is 223 g/mol. The van der Waals surface area contributed by atoms with Crippen LogP contribution in [0.5, 0.6) is 0 Å². The maximum atomic E-state index is 11.6. The van der Waals surface area contributed by atoms with E-state index in [1.54, 1.807) is 16.8 Å². The lowest BCUT2D eigenvalue weighted by molar-refractivity contribution is -0.121. The molecule has 6 nitrogen and oxygen atoms in total. The van der Waals surface area contributed by atoms with Crippen LogP contribution in [-0.4, -0.2) is 23.1 Å². The van der Waals surface area contributed by atoms with Gasteiger partial charge in [-0.1, -0.05) is 0 Å². The maximum absolute atomic E-state index is 11.6. The molecule has 0 saturated heterocycles. The Labute approximate surface area is 92.2 Å². The first kappa shape index (κ1) is 10.5. The Morgan fingerprint density at radius 2 is 2.19 bits per heavy atom. The number of carbonyl (C=O) groups excluding carboxylic acids is 2. The van der Waals surface area contributed by atoms with Crippen molar-refractivity contribution in [3.63, 3.8) is 0 Å². The summed E-state index contributed by atoms with van der Waals surface area (Å²) in [5.41, 5.74) is 11.4. The molecule has 1 aliphatic carbocycles. The molecule has 1 aliphatic rings. The molecule has 1 fully saturated rings. The molecule has 6 heteroatoms. The summed E-state index contributed by atoms with van der Waals surface area (Å²) in [6, 6.07) is 1.87. The van der Waals surface area contributed by atoms with E-state index in [2.05, 4.69) is 0 Å². The smallest absolute Gasteiger partial charge is 0.355 e. The largest absolute Gasteiger partial charge is 0.451 e. The normalized spacial score (nSPS) is 14.8. The van der Waals surface area contributed by atoms with Crippen LogP contribution in [0, 0.1) is 0 Å². The molecule has 0 aliphatic heterocycles. The fourth-order valence-electron chi connectivity index (χ4n) is 1.53. The minimum Gasteiger partial charge on any atom is -0.451 e. The first-order valence-electron chi connectivity index (χ1n) is 5.00. The minimum absolute atomic E-state index is 0.327. The number of esters is 1. The topological polar surface area (TPSA) is 100 Å². The lowest BCUT2D eigenvalue weighted by Gasteiger charge is -2.06. The summed E-state index contributed by atoms with van der Waals surface area (Å²) in [5, 5.41) is 0. The molecule has 1 amide bonds. The second-order valence-electron chi connectivity index (χ2n) is 3.84. The Balaban J connectivity index is 2.12. The van der Waals surface area contributed by atoms with Gasteiger partial charge in [-0.15, -0.1) is 0 Å². The molecule has 0 unspecified atom stereocenters. The first-order chi connectivity index (χ1) is 7.58. The highest BCUT2D eigenvalue weighted by molar-refractivity contribution is 5.90. The highest BCUT2D eigenvalue weighted by Crippen LogP contribution is 2.37. The van der Waals surface area contributed by atoms with Gasteiger partial charge in [0.2, 0.25) is 0 Å². The monoisotopic (exact) mass is 223 g/mol. The molecule has 16 heavy (non-hydrogen) atoms. The SMILES string of the molecule is NC(=O)COC(=O)c1cc(N)cn1C1CC1. The number of primary amides is 1. The summed E-state index contributed by atoms with van der Waals surface area (Å²) in [4.78, 5) is 22.1. The van der Waals surface area contributed by atoms with Gasteiger partial charge in [0.05, 0.1) is 5.69 Å². The number of hydrogen-bond donors (Lipinski definition) is 2. The molecule has 1 saturated carbocycles. The van der Waals surface area contributed by atoms with Gasteiger partial charge in [-0.2, -0.15) is 0 Å². The third kappa shape index (κ3) is 2.16. The van der Waals surface area contributed by atoms with Gasteiger partial charge in [0.15, 0.2) is 6.61 Å².